The van der Waals surface area contributed by atoms with Crippen molar-refractivity contribution in [2.75, 3.05) is 18.1 Å². The predicted molar refractivity (Wildman–Crippen MR) is 175 cm³/mol. The maximum absolute atomic E-state index is 13.7. The molecule has 0 radical (unpaired) electrons. The van der Waals surface area contributed by atoms with Crippen LogP contribution in [0.3, 0.4) is 0 Å². The van der Waals surface area contributed by atoms with E-state index in [1.54, 1.807) is 48.5 Å². The van der Waals surface area contributed by atoms with Crippen molar-refractivity contribution >= 4 is 44.1 Å². The minimum absolute atomic E-state index is 0.0190. The summed E-state index contributed by atoms with van der Waals surface area (Å²) < 4.78 is 18.1. The highest BCUT2D eigenvalue weighted by molar-refractivity contribution is 7.22. The minimum atomic E-state index is -0.920. The number of hydrogen-bond acceptors (Lipinski definition) is 8. The zero-order chi connectivity index (χ0) is 31.3. The number of benzene rings is 4. The normalized spacial score (nSPS) is 15.9. The Morgan fingerprint density at radius 1 is 0.844 bits per heavy atom. The lowest BCUT2D eigenvalue weighted by Crippen LogP contribution is -2.29. The van der Waals surface area contributed by atoms with Crippen LogP contribution in [0.15, 0.2) is 103 Å². The summed E-state index contributed by atoms with van der Waals surface area (Å²) in [6.45, 7) is 5.40. The first-order valence-corrected chi connectivity index (χ1v) is 15.6. The van der Waals surface area contributed by atoms with Crippen LogP contribution in [0, 0.1) is 0 Å². The Balaban J connectivity index is 1.40. The van der Waals surface area contributed by atoms with Crippen LogP contribution in [-0.2, 0) is 16.2 Å². The smallest absolute Gasteiger partial charge is 0.301 e. The van der Waals surface area contributed by atoms with Crippen molar-refractivity contribution in [1.82, 2.24) is 4.98 Å². The highest BCUT2D eigenvalue weighted by atomic mass is 32.1. The molecule has 2 heterocycles. The van der Waals surface area contributed by atoms with Gasteiger partial charge in [-0.05, 0) is 79.1 Å². The zero-order valence-corrected chi connectivity index (χ0v) is 25.8. The molecule has 1 N–H and O–H groups in total. The van der Waals surface area contributed by atoms with Crippen LogP contribution in [0.2, 0.25) is 0 Å². The first-order valence-electron chi connectivity index (χ1n) is 14.8. The maximum Gasteiger partial charge on any atom is 0.301 e. The predicted octanol–water partition coefficient (Wildman–Crippen LogP) is 7.69. The number of carbonyl (C=O) groups excluding carboxylic acids is 2. The Kier molecular flexibility index (Phi) is 8.79. The number of hydrogen-bond donors (Lipinski definition) is 1. The summed E-state index contributed by atoms with van der Waals surface area (Å²) in [7, 11) is 0. The fourth-order valence-corrected chi connectivity index (χ4v) is 6.19. The minimum Gasteiger partial charge on any atom is -0.507 e. The first kappa shape index (κ1) is 29.9. The second kappa shape index (κ2) is 13.2. The molecule has 1 saturated heterocycles. The number of thiazole rings is 1. The summed E-state index contributed by atoms with van der Waals surface area (Å²) >= 11 is 1.28. The number of rotatable bonds is 11. The molecule has 1 atom stereocenters. The average Bonchev–Trinajstić information content (AvgIpc) is 3.61. The summed E-state index contributed by atoms with van der Waals surface area (Å²) in [5.74, 6) is 0.145. The fourth-order valence-electron chi connectivity index (χ4n) is 5.17. The van der Waals surface area contributed by atoms with E-state index in [0.717, 1.165) is 16.7 Å². The van der Waals surface area contributed by atoms with Crippen molar-refractivity contribution in [2.45, 2.75) is 32.9 Å². The lowest BCUT2D eigenvalue weighted by molar-refractivity contribution is -0.132. The summed E-state index contributed by atoms with van der Waals surface area (Å²) in [5.41, 5.74) is 2.71. The topological polar surface area (TPSA) is 98.2 Å². The zero-order valence-electron chi connectivity index (χ0n) is 24.9. The highest BCUT2D eigenvalue weighted by Gasteiger charge is 2.48. The molecule has 0 aliphatic carbocycles. The first-order chi connectivity index (χ1) is 22.0. The summed E-state index contributed by atoms with van der Waals surface area (Å²) in [6, 6.07) is 28.5. The molecule has 228 valence electrons. The molecule has 1 fully saturated rings. The van der Waals surface area contributed by atoms with E-state index in [1.807, 2.05) is 62.4 Å². The molecule has 45 heavy (non-hydrogen) atoms. The number of amides is 1. The Labute approximate surface area is 265 Å². The molecule has 0 spiro atoms. The van der Waals surface area contributed by atoms with Crippen LogP contribution in [0.5, 0.6) is 17.2 Å². The lowest BCUT2D eigenvalue weighted by Gasteiger charge is -2.23. The monoisotopic (exact) mass is 620 g/mol. The SMILES string of the molecule is CCCOc1ccc(/C(O)=C2\C(=O)C(=O)N(c3nc4ccc(OCC)cc4s3)C2c2ccc(OCc3ccccc3)cc2)cc1. The standard InChI is InChI=1S/C36H32N2O6S/c1-3-20-43-26-16-12-25(13-17-26)33(39)31-32(24-10-14-27(15-11-24)44-22-23-8-6-5-7-9-23)38(35(41)34(31)40)36-37-29-19-18-28(42-4-2)21-30(29)45-36/h5-19,21,32,39H,3-4,20,22H2,1-2H3/b33-31+. The molecule has 0 saturated carbocycles. The number of anilines is 1. The number of nitrogens with zero attached hydrogens (tertiary/aromatic N) is 2. The van der Waals surface area contributed by atoms with Crippen molar-refractivity contribution in [3.63, 3.8) is 0 Å². The molecule has 1 amide bonds. The molecule has 4 aromatic carbocycles. The van der Waals surface area contributed by atoms with E-state index < -0.39 is 17.7 Å². The van der Waals surface area contributed by atoms with Gasteiger partial charge in [0.1, 0.15) is 29.6 Å². The van der Waals surface area contributed by atoms with Crippen molar-refractivity contribution in [3.8, 4) is 17.2 Å². The van der Waals surface area contributed by atoms with Gasteiger partial charge in [-0.25, -0.2) is 4.98 Å². The van der Waals surface area contributed by atoms with Gasteiger partial charge in [-0.15, -0.1) is 0 Å². The third-order valence-corrected chi connectivity index (χ3v) is 8.37. The lowest BCUT2D eigenvalue weighted by atomic mass is 9.95. The van der Waals surface area contributed by atoms with Gasteiger partial charge in [0, 0.05) is 5.56 Å². The second-order valence-corrected chi connectivity index (χ2v) is 11.5. The Hall–Kier alpha value is -5.15. The van der Waals surface area contributed by atoms with E-state index in [4.69, 9.17) is 19.2 Å². The van der Waals surface area contributed by atoms with E-state index >= 15 is 0 Å². The summed E-state index contributed by atoms with van der Waals surface area (Å²) in [5, 5.41) is 11.9. The molecule has 6 rings (SSSR count). The van der Waals surface area contributed by atoms with Crippen molar-refractivity contribution in [2.24, 2.45) is 0 Å². The van der Waals surface area contributed by atoms with Crippen LogP contribution >= 0.6 is 11.3 Å². The number of ketones is 1. The molecule has 9 heteroatoms. The number of ether oxygens (including phenoxy) is 3. The van der Waals surface area contributed by atoms with Gasteiger partial charge in [-0.1, -0.05) is 60.7 Å². The number of carbonyl (C=O) groups is 2. The van der Waals surface area contributed by atoms with Crippen molar-refractivity contribution in [1.29, 1.82) is 0 Å². The van der Waals surface area contributed by atoms with Crippen LogP contribution < -0.4 is 19.1 Å². The van der Waals surface area contributed by atoms with Crippen molar-refractivity contribution in [3.05, 3.63) is 119 Å². The van der Waals surface area contributed by atoms with Gasteiger partial charge >= 0.3 is 5.91 Å². The van der Waals surface area contributed by atoms with Gasteiger partial charge in [0.05, 0.1) is 35.0 Å². The molecule has 1 aromatic heterocycles. The number of Topliss-reactive ketones (excluding diaryl/α,β-unsaturated/α-hetero) is 1. The number of aliphatic hydroxyl groups is 1. The molecule has 1 aliphatic rings. The highest BCUT2D eigenvalue weighted by Crippen LogP contribution is 2.45. The van der Waals surface area contributed by atoms with Crippen LogP contribution in [0.25, 0.3) is 16.0 Å². The third-order valence-electron chi connectivity index (χ3n) is 7.35. The fraction of sp³-hybridized carbons (Fsp3) is 0.194. The van der Waals surface area contributed by atoms with E-state index in [0.29, 0.717) is 58.8 Å². The van der Waals surface area contributed by atoms with Crippen LogP contribution in [-0.4, -0.2) is 35.0 Å². The largest absolute Gasteiger partial charge is 0.507 e. The van der Waals surface area contributed by atoms with Crippen LogP contribution in [0.4, 0.5) is 5.13 Å². The molecule has 1 aliphatic heterocycles. The maximum atomic E-state index is 13.7. The van der Waals surface area contributed by atoms with Gasteiger partial charge in [-0.2, -0.15) is 0 Å². The van der Waals surface area contributed by atoms with E-state index in [-0.39, 0.29) is 11.3 Å². The summed E-state index contributed by atoms with van der Waals surface area (Å²) in [6.07, 6.45) is 0.861. The molecule has 8 nitrogen and oxygen atoms in total. The molecule has 1 unspecified atom stereocenters. The van der Waals surface area contributed by atoms with E-state index in [1.165, 1.54) is 16.2 Å². The van der Waals surface area contributed by atoms with E-state index in [9.17, 15) is 14.7 Å². The van der Waals surface area contributed by atoms with Gasteiger partial charge in [-0.3, -0.25) is 14.5 Å². The molecular formula is C36H32N2O6S. The quantitative estimate of drug-likeness (QED) is 0.0918. The number of aromatic nitrogens is 1. The molecular weight excluding hydrogens is 588 g/mol. The second-order valence-electron chi connectivity index (χ2n) is 10.4. The summed E-state index contributed by atoms with van der Waals surface area (Å²) in [4.78, 5) is 33.5. The van der Waals surface area contributed by atoms with Gasteiger partial charge < -0.3 is 19.3 Å². The Bertz CT molecular complexity index is 1850. The average molecular weight is 621 g/mol. The van der Waals surface area contributed by atoms with Crippen LogP contribution in [0.1, 0.15) is 43.0 Å². The van der Waals surface area contributed by atoms with Gasteiger partial charge in [0.15, 0.2) is 5.13 Å². The Morgan fingerprint density at radius 3 is 2.24 bits per heavy atom. The molecule has 0 bridgehead atoms. The number of fused-ring (bicyclic) bond motifs is 1. The van der Waals surface area contributed by atoms with Gasteiger partial charge in [0.25, 0.3) is 5.78 Å². The van der Waals surface area contributed by atoms with Crippen molar-refractivity contribution < 1.29 is 28.9 Å². The third kappa shape index (κ3) is 6.25. The Morgan fingerprint density at radius 2 is 1.53 bits per heavy atom. The molecule has 5 aromatic rings. The van der Waals surface area contributed by atoms with E-state index in [2.05, 4.69) is 0 Å². The van der Waals surface area contributed by atoms with Gasteiger partial charge in [0.2, 0.25) is 0 Å². The number of aliphatic hydroxyl groups excluding tert-OH is 1.